The number of ether oxygens (including phenoxy) is 2. The molecule has 1 atom stereocenters. The zero-order valence-corrected chi connectivity index (χ0v) is 22.1. The van der Waals surface area contributed by atoms with E-state index in [-0.39, 0.29) is 38.0 Å². The number of aryl methyl sites for hydroxylation is 1. The van der Waals surface area contributed by atoms with Gasteiger partial charge in [0.15, 0.2) is 11.5 Å². The van der Waals surface area contributed by atoms with Gasteiger partial charge in [-0.2, -0.15) is 0 Å². The maximum absolute atomic E-state index is 13.3. The summed E-state index contributed by atoms with van der Waals surface area (Å²) in [6.45, 7) is 6.69. The third kappa shape index (κ3) is 6.90. The van der Waals surface area contributed by atoms with Crippen molar-refractivity contribution in [2.24, 2.45) is 0 Å². The molecule has 36 heavy (non-hydrogen) atoms. The largest absolute Gasteiger partial charge is 0.454 e. The third-order valence-electron chi connectivity index (χ3n) is 6.11. The van der Waals surface area contributed by atoms with Crippen molar-refractivity contribution < 1.29 is 27.5 Å². The van der Waals surface area contributed by atoms with E-state index in [0.717, 1.165) is 23.8 Å². The van der Waals surface area contributed by atoms with Crippen LogP contribution in [0.5, 0.6) is 11.5 Å². The van der Waals surface area contributed by atoms with E-state index in [9.17, 15) is 18.0 Å². The van der Waals surface area contributed by atoms with Crippen LogP contribution >= 0.6 is 0 Å². The third-order valence-corrected chi connectivity index (χ3v) is 7.31. The summed E-state index contributed by atoms with van der Waals surface area (Å²) >= 11 is 0. The number of carbonyl (C=O) groups excluding carboxylic acids is 2. The predicted octanol–water partition coefficient (Wildman–Crippen LogP) is 3.21. The van der Waals surface area contributed by atoms with Gasteiger partial charge in [-0.25, -0.2) is 8.42 Å². The molecule has 1 unspecified atom stereocenters. The maximum Gasteiger partial charge on any atom is 0.242 e. The first-order chi connectivity index (χ1) is 17.1. The highest BCUT2D eigenvalue weighted by Crippen LogP contribution is 2.36. The highest BCUT2D eigenvalue weighted by molar-refractivity contribution is 7.92. The molecule has 10 heteroatoms. The Balaban J connectivity index is 1.73. The molecule has 0 aromatic heterocycles. The summed E-state index contributed by atoms with van der Waals surface area (Å²) in [5.41, 5.74) is 2.43. The smallest absolute Gasteiger partial charge is 0.242 e. The number of hydrogen-bond acceptors (Lipinski definition) is 6. The van der Waals surface area contributed by atoms with Gasteiger partial charge in [0.1, 0.15) is 6.04 Å². The van der Waals surface area contributed by atoms with E-state index in [1.54, 1.807) is 30.0 Å². The molecule has 1 heterocycles. The molecule has 2 amide bonds. The minimum Gasteiger partial charge on any atom is -0.454 e. The van der Waals surface area contributed by atoms with E-state index in [2.05, 4.69) is 5.32 Å². The fraction of sp³-hybridized carbons (Fsp3) is 0.462. The van der Waals surface area contributed by atoms with Crippen molar-refractivity contribution in [1.29, 1.82) is 0 Å². The second kappa shape index (κ2) is 12.1. The van der Waals surface area contributed by atoms with Crippen molar-refractivity contribution in [2.45, 2.75) is 52.6 Å². The highest BCUT2D eigenvalue weighted by Gasteiger charge is 2.27. The van der Waals surface area contributed by atoms with Crippen LogP contribution in [-0.2, 0) is 26.2 Å². The van der Waals surface area contributed by atoms with Gasteiger partial charge < -0.3 is 19.7 Å². The first kappa shape index (κ1) is 27.3. The lowest BCUT2D eigenvalue weighted by Gasteiger charge is -2.30. The van der Waals surface area contributed by atoms with Crippen LogP contribution in [0.15, 0.2) is 42.5 Å². The van der Waals surface area contributed by atoms with Crippen molar-refractivity contribution in [3.8, 4) is 11.5 Å². The average Bonchev–Trinajstić information content (AvgIpc) is 3.31. The van der Waals surface area contributed by atoms with Gasteiger partial charge in [0.25, 0.3) is 0 Å². The van der Waals surface area contributed by atoms with Gasteiger partial charge in [0, 0.05) is 32.1 Å². The van der Waals surface area contributed by atoms with Crippen LogP contribution < -0.4 is 19.1 Å². The molecular weight excluding hydrogens is 482 g/mol. The molecule has 0 radical (unpaired) electrons. The van der Waals surface area contributed by atoms with Crippen molar-refractivity contribution in [3.63, 3.8) is 0 Å². The lowest BCUT2D eigenvalue weighted by atomic mass is 10.1. The summed E-state index contributed by atoms with van der Waals surface area (Å²) in [7, 11) is -3.60. The Morgan fingerprint density at radius 3 is 2.53 bits per heavy atom. The maximum atomic E-state index is 13.3. The van der Waals surface area contributed by atoms with Crippen LogP contribution in [-0.4, -0.2) is 57.3 Å². The van der Waals surface area contributed by atoms with E-state index in [1.807, 2.05) is 38.1 Å². The molecule has 0 aliphatic carbocycles. The number of nitrogens with zero attached hydrogens (tertiary/aromatic N) is 2. The number of amides is 2. The van der Waals surface area contributed by atoms with Crippen molar-refractivity contribution in [1.82, 2.24) is 10.2 Å². The van der Waals surface area contributed by atoms with Crippen LogP contribution in [0, 0.1) is 6.92 Å². The predicted molar refractivity (Wildman–Crippen MR) is 138 cm³/mol. The van der Waals surface area contributed by atoms with E-state index in [1.165, 1.54) is 4.31 Å². The Morgan fingerprint density at radius 2 is 1.83 bits per heavy atom. The fourth-order valence-corrected chi connectivity index (χ4v) is 4.95. The van der Waals surface area contributed by atoms with Gasteiger partial charge in [-0.3, -0.25) is 13.9 Å². The van der Waals surface area contributed by atoms with Gasteiger partial charge in [0.05, 0.1) is 11.9 Å². The average molecular weight is 518 g/mol. The van der Waals surface area contributed by atoms with Crippen molar-refractivity contribution >= 4 is 27.5 Å². The Kier molecular flexibility index (Phi) is 9.19. The molecule has 0 fully saturated rings. The Labute approximate surface area is 213 Å². The Morgan fingerprint density at radius 1 is 1.11 bits per heavy atom. The summed E-state index contributed by atoms with van der Waals surface area (Å²) in [4.78, 5) is 27.6. The SMILES string of the molecule is CCCNC(=O)C(C)N(Cc1ccccc1C)C(=O)CCCN(c1ccc2c(c1)OCO2)S(C)(=O)=O. The van der Waals surface area contributed by atoms with Gasteiger partial charge in [-0.15, -0.1) is 0 Å². The van der Waals surface area contributed by atoms with Crippen molar-refractivity contribution in [2.75, 3.05) is 30.4 Å². The summed E-state index contributed by atoms with van der Waals surface area (Å²) in [6.07, 6.45) is 2.30. The molecule has 1 aliphatic heterocycles. The molecule has 0 saturated heterocycles. The van der Waals surface area contributed by atoms with Crippen LogP contribution in [0.2, 0.25) is 0 Å². The first-order valence-electron chi connectivity index (χ1n) is 12.1. The Bertz CT molecular complexity index is 1180. The molecule has 2 aromatic carbocycles. The molecule has 3 rings (SSSR count). The number of hydrogen-bond donors (Lipinski definition) is 1. The van der Waals surface area contributed by atoms with Gasteiger partial charge in [-0.05, 0) is 49.9 Å². The fourth-order valence-electron chi connectivity index (χ4n) is 3.99. The first-order valence-corrected chi connectivity index (χ1v) is 14.0. The molecule has 9 nitrogen and oxygen atoms in total. The summed E-state index contributed by atoms with van der Waals surface area (Å²) in [5.74, 6) is 0.617. The minimum absolute atomic E-state index is 0.0902. The normalized spacial score (nSPS) is 13.2. The van der Waals surface area contributed by atoms with Crippen LogP contribution in [0.1, 0.15) is 44.2 Å². The molecule has 1 N–H and O–H groups in total. The van der Waals surface area contributed by atoms with Crippen LogP contribution in [0.25, 0.3) is 0 Å². The Hall–Kier alpha value is -3.27. The molecule has 196 valence electrons. The van der Waals surface area contributed by atoms with Gasteiger partial charge >= 0.3 is 0 Å². The van der Waals surface area contributed by atoms with E-state index in [4.69, 9.17) is 9.47 Å². The molecule has 0 bridgehead atoms. The number of fused-ring (bicyclic) bond motifs is 1. The number of anilines is 1. The van der Waals surface area contributed by atoms with E-state index >= 15 is 0 Å². The summed E-state index contributed by atoms with van der Waals surface area (Å²) in [5, 5.41) is 2.86. The zero-order valence-electron chi connectivity index (χ0n) is 21.3. The second-order valence-electron chi connectivity index (χ2n) is 8.89. The number of carbonyl (C=O) groups is 2. The lowest BCUT2D eigenvalue weighted by Crippen LogP contribution is -2.48. The molecular formula is C26H35N3O6S. The number of rotatable bonds is 12. The van der Waals surface area contributed by atoms with Crippen molar-refractivity contribution in [3.05, 3.63) is 53.6 Å². The van der Waals surface area contributed by atoms with Gasteiger partial charge in [0.2, 0.25) is 28.6 Å². The van der Waals surface area contributed by atoms with Crippen LogP contribution in [0.3, 0.4) is 0 Å². The number of benzene rings is 2. The summed E-state index contributed by atoms with van der Waals surface area (Å²) < 4.78 is 37.0. The molecule has 0 spiro atoms. The minimum atomic E-state index is -3.60. The standard InChI is InChI=1S/C26H35N3O6S/c1-5-14-27-26(31)20(3)28(17-21-10-7-6-9-19(21)2)25(30)11-8-15-29(36(4,32)33)22-12-13-23-24(16-22)35-18-34-23/h6-7,9-10,12-13,16,20H,5,8,11,14-15,17-18H2,1-4H3,(H,27,31). The molecule has 2 aromatic rings. The zero-order chi connectivity index (χ0) is 26.3. The monoisotopic (exact) mass is 517 g/mol. The quantitative estimate of drug-likeness (QED) is 0.464. The van der Waals surface area contributed by atoms with Crippen LogP contribution in [0.4, 0.5) is 5.69 Å². The topological polar surface area (TPSA) is 105 Å². The summed E-state index contributed by atoms with van der Waals surface area (Å²) in [6, 6.07) is 12.0. The lowest BCUT2D eigenvalue weighted by molar-refractivity contribution is -0.140. The second-order valence-corrected chi connectivity index (χ2v) is 10.8. The van der Waals surface area contributed by atoms with Gasteiger partial charge in [-0.1, -0.05) is 31.2 Å². The molecule has 0 saturated carbocycles. The highest BCUT2D eigenvalue weighted by atomic mass is 32.2. The molecule has 1 aliphatic rings. The number of sulfonamides is 1. The number of nitrogens with one attached hydrogen (secondary N) is 1. The van der Waals surface area contributed by atoms with E-state index < -0.39 is 16.1 Å². The van der Waals surface area contributed by atoms with E-state index in [0.29, 0.717) is 30.3 Å².